The van der Waals surface area contributed by atoms with Crippen LogP contribution in [-0.4, -0.2) is 18.0 Å². The normalized spacial score (nSPS) is 20.8. The Balaban J connectivity index is 2.30. The van der Waals surface area contributed by atoms with E-state index >= 15 is 0 Å². The Kier molecular flexibility index (Phi) is 4.75. The van der Waals surface area contributed by atoms with Crippen molar-refractivity contribution >= 4 is 5.91 Å². The van der Waals surface area contributed by atoms with Crippen LogP contribution < -0.4 is 11.1 Å². The van der Waals surface area contributed by atoms with Gasteiger partial charge in [0.05, 0.1) is 12.0 Å². The second kappa shape index (κ2) is 5.86. The van der Waals surface area contributed by atoms with E-state index in [1.54, 1.807) is 6.92 Å². The van der Waals surface area contributed by atoms with Crippen molar-refractivity contribution in [1.29, 1.82) is 5.26 Å². The molecule has 90 valence electrons. The number of hydrogen-bond acceptors (Lipinski definition) is 3. The summed E-state index contributed by atoms with van der Waals surface area (Å²) in [5, 5.41) is 11.4. The summed E-state index contributed by atoms with van der Waals surface area (Å²) in [7, 11) is 0. The summed E-state index contributed by atoms with van der Waals surface area (Å²) in [6.07, 6.45) is 5.75. The summed E-state index contributed by atoms with van der Waals surface area (Å²) in [5.41, 5.74) is 5.87. The quantitative estimate of drug-likeness (QED) is 0.754. The van der Waals surface area contributed by atoms with Gasteiger partial charge in [-0.25, -0.2) is 0 Å². The van der Waals surface area contributed by atoms with E-state index < -0.39 is 0 Å². The summed E-state index contributed by atoms with van der Waals surface area (Å²) in [4.78, 5) is 11.6. The zero-order valence-corrected chi connectivity index (χ0v) is 9.96. The van der Waals surface area contributed by atoms with Crippen LogP contribution in [0.3, 0.4) is 0 Å². The molecule has 1 saturated carbocycles. The molecule has 1 aliphatic rings. The van der Waals surface area contributed by atoms with Gasteiger partial charge >= 0.3 is 0 Å². The first-order valence-corrected chi connectivity index (χ1v) is 6.01. The van der Waals surface area contributed by atoms with E-state index in [2.05, 4.69) is 11.4 Å². The van der Waals surface area contributed by atoms with Gasteiger partial charge in [-0.2, -0.15) is 5.26 Å². The minimum atomic E-state index is -0.307. The van der Waals surface area contributed by atoms with Crippen LogP contribution in [0.1, 0.15) is 45.4 Å². The number of nitrogens with two attached hydrogens (primary N) is 1. The molecule has 0 radical (unpaired) electrons. The van der Waals surface area contributed by atoms with Gasteiger partial charge in [0, 0.05) is 18.5 Å². The Labute approximate surface area is 97.2 Å². The van der Waals surface area contributed by atoms with Gasteiger partial charge in [-0.3, -0.25) is 4.79 Å². The third kappa shape index (κ3) is 4.19. The maximum Gasteiger partial charge on any atom is 0.221 e. The molecule has 0 aromatic heterocycles. The van der Waals surface area contributed by atoms with Gasteiger partial charge in [-0.05, 0) is 19.8 Å². The van der Waals surface area contributed by atoms with E-state index in [1.165, 1.54) is 6.42 Å². The molecule has 0 aromatic rings. The minimum absolute atomic E-state index is 0.0218. The Morgan fingerprint density at radius 2 is 2.12 bits per heavy atom. The third-order valence-corrected chi connectivity index (χ3v) is 3.19. The molecule has 1 rings (SSSR count). The summed E-state index contributed by atoms with van der Waals surface area (Å²) in [6.45, 7) is 2.21. The van der Waals surface area contributed by atoms with Crippen molar-refractivity contribution in [2.45, 2.75) is 51.0 Å². The van der Waals surface area contributed by atoms with Gasteiger partial charge in [0.15, 0.2) is 0 Å². The fourth-order valence-corrected chi connectivity index (χ4v) is 2.13. The second-order valence-electron chi connectivity index (χ2n) is 4.93. The predicted molar refractivity (Wildman–Crippen MR) is 62.4 cm³/mol. The molecule has 0 heterocycles. The standard InChI is InChI=1S/C12H21N3O/c1-10(8-13)9-15-11(16)7-12(14)5-3-2-4-6-12/h10H,2-7,9,14H2,1H3,(H,15,16). The topological polar surface area (TPSA) is 78.9 Å². The lowest BCUT2D eigenvalue weighted by Crippen LogP contribution is -2.46. The number of amides is 1. The largest absolute Gasteiger partial charge is 0.355 e. The molecule has 1 amide bonds. The first-order valence-electron chi connectivity index (χ1n) is 6.01. The highest BCUT2D eigenvalue weighted by Gasteiger charge is 2.29. The molecule has 1 atom stereocenters. The molecule has 1 aliphatic carbocycles. The van der Waals surface area contributed by atoms with Crippen molar-refractivity contribution in [3.63, 3.8) is 0 Å². The molecular weight excluding hydrogens is 202 g/mol. The highest BCUT2D eigenvalue weighted by molar-refractivity contribution is 5.77. The van der Waals surface area contributed by atoms with Crippen LogP contribution in [0.5, 0.6) is 0 Å². The van der Waals surface area contributed by atoms with Gasteiger partial charge in [0.25, 0.3) is 0 Å². The lowest BCUT2D eigenvalue weighted by atomic mass is 9.80. The lowest BCUT2D eigenvalue weighted by molar-refractivity contribution is -0.122. The number of carbonyl (C=O) groups is 1. The molecule has 1 fully saturated rings. The SMILES string of the molecule is CC(C#N)CNC(=O)CC1(N)CCCCC1. The zero-order chi connectivity index (χ0) is 12.0. The van der Waals surface area contributed by atoms with Crippen molar-refractivity contribution in [3.8, 4) is 6.07 Å². The molecule has 16 heavy (non-hydrogen) atoms. The average molecular weight is 223 g/mol. The first-order chi connectivity index (χ1) is 7.56. The highest BCUT2D eigenvalue weighted by atomic mass is 16.1. The number of nitriles is 1. The van der Waals surface area contributed by atoms with Crippen LogP contribution in [0.15, 0.2) is 0 Å². The summed E-state index contributed by atoms with van der Waals surface area (Å²) in [5.74, 6) is -0.157. The summed E-state index contributed by atoms with van der Waals surface area (Å²) < 4.78 is 0. The van der Waals surface area contributed by atoms with Crippen LogP contribution in [0, 0.1) is 17.2 Å². The van der Waals surface area contributed by atoms with Gasteiger partial charge in [0.2, 0.25) is 5.91 Å². The number of hydrogen-bond donors (Lipinski definition) is 2. The van der Waals surface area contributed by atoms with Crippen molar-refractivity contribution in [2.75, 3.05) is 6.54 Å². The number of nitrogens with zero attached hydrogens (tertiary/aromatic N) is 1. The maximum absolute atomic E-state index is 11.6. The smallest absolute Gasteiger partial charge is 0.221 e. The van der Waals surface area contributed by atoms with Crippen LogP contribution in [0.25, 0.3) is 0 Å². The van der Waals surface area contributed by atoms with Crippen molar-refractivity contribution in [1.82, 2.24) is 5.32 Å². The van der Waals surface area contributed by atoms with Crippen molar-refractivity contribution < 1.29 is 4.79 Å². The Hall–Kier alpha value is -1.08. The molecule has 3 N–H and O–H groups in total. The lowest BCUT2D eigenvalue weighted by Gasteiger charge is -2.32. The zero-order valence-electron chi connectivity index (χ0n) is 9.96. The van der Waals surface area contributed by atoms with Gasteiger partial charge < -0.3 is 11.1 Å². The summed E-state index contributed by atoms with van der Waals surface area (Å²) in [6, 6.07) is 2.09. The minimum Gasteiger partial charge on any atom is -0.355 e. The molecule has 0 aromatic carbocycles. The van der Waals surface area contributed by atoms with Crippen LogP contribution in [0.4, 0.5) is 0 Å². The molecule has 4 nitrogen and oxygen atoms in total. The fourth-order valence-electron chi connectivity index (χ4n) is 2.13. The average Bonchev–Trinajstić information content (AvgIpc) is 2.26. The number of rotatable bonds is 4. The Morgan fingerprint density at radius 1 is 1.50 bits per heavy atom. The Morgan fingerprint density at radius 3 is 2.69 bits per heavy atom. The van der Waals surface area contributed by atoms with E-state index in [9.17, 15) is 4.79 Å². The predicted octanol–water partition coefficient (Wildman–Crippen LogP) is 1.31. The van der Waals surface area contributed by atoms with Crippen molar-refractivity contribution in [2.24, 2.45) is 11.7 Å². The molecule has 0 spiro atoms. The van der Waals surface area contributed by atoms with E-state index in [0.29, 0.717) is 13.0 Å². The van der Waals surface area contributed by atoms with Gasteiger partial charge in [-0.1, -0.05) is 19.3 Å². The molecular formula is C12H21N3O. The van der Waals surface area contributed by atoms with Crippen LogP contribution in [-0.2, 0) is 4.79 Å². The van der Waals surface area contributed by atoms with E-state index in [0.717, 1.165) is 25.7 Å². The van der Waals surface area contributed by atoms with Crippen LogP contribution >= 0.6 is 0 Å². The molecule has 1 unspecified atom stereocenters. The summed E-state index contributed by atoms with van der Waals surface area (Å²) >= 11 is 0. The number of carbonyl (C=O) groups excluding carboxylic acids is 1. The van der Waals surface area contributed by atoms with E-state index in [4.69, 9.17) is 11.0 Å². The van der Waals surface area contributed by atoms with Gasteiger partial charge in [0.1, 0.15) is 0 Å². The van der Waals surface area contributed by atoms with Crippen LogP contribution in [0.2, 0.25) is 0 Å². The van der Waals surface area contributed by atoms with E-state index in [-0.39, 0.29) is 17.4 Å². The monoisotopic (exact) mass is 223 g/mol. The fraction of sp³-hybridized carbons (Fsp3) is 0.833. The second-order valence-corrected chi connectivity index (χ2v) is 4.93. The third-order valence-electron chi connectivity index (χ3n) is 3.19. The van der Waals surface area contributed by atoms with E-state index in [1.807, 2.05) is 0 Å². The molecule has 0 saturated heterocycles. The Bertz CT molecular complexity index is 276. The first kappa shape index (κ1) is 13.0. The maximum atomic E-state index is 11.6. The molecule has 4 heteroatoms. The highest BCUT2D eigenvalue weighted by Crippen LogP contribution is 2.28. The number of nitrogens with one attached hydrogen (secondary N) is 1. The van der Waals surface area contributed by atoms with Gasteiger partial charge in [-0.15, -0.1) is 0 Å². The molecule has 0 bridgehead atoms. The molecule has 0 aliphatic heterocycles. The van der Waals surface area contributed by atoms with Crippen molar-refractivity contribution in [3.05, 3.63) is 0 Å².